The number of carbonyl (C=O) groups excluding carboxylic acids is 1. The number of hydrogen-bond donors (Lipinski definition) is 0. The van der Waals surface area contributed by atoms with E-state index < -0.39 is 12.3 Å². The molecule has 7 heteroatoms. The third-order valence-electron chi connectivity index (χ3n) is 4.55. The van der Waals surface area contributed by atoms with E-state index in [-0.39, 0.29) is 5.75 Å². The second-order valence-electron chi connectivity index (χ2n) is 6.96. The molecular weight excluding hydrogens is 421 g/mol. The quantitative estimate of drug-likeness (QED) is 0.317. The molecule has 3 aromatic carbocycles. The van der Waals surface area contributed by atoms with Crippen LogP contribution in [-0.4, -0.2) is 19.4 Å². The summed E-state index contributed by atoms with van der Waals surface area (Å²) >= 11 is 0. The van der Waals surface area contributed by atoms with Crippen LogP contribution in [0.5, 0.6) is 11.5 Å². The Labute approximate surface area is 183 Å². The molecule has 32 heavy (non-hydrogen) atoms. The predicted octanol–water partition coefficient (Wildman–Crippen LogP) is 6.33. The molecule has 0 saturated heterocycles. The maximum atomic E-state index is 12.4. The summed E-state index contributed by atoms with van der Waals surface area (Å²) in [6.45, 7) is 2.34. The van der Waals surface area contributed by atoms with Gasteiger partial charge in [-0.15, -0.1) is 13.2 Å². The zero-order chi connectivity index (χ0) is 23.1. The molecule has 0 bridgehead atoms. The summed E-state index contributed by atoms with van der Waals surface area (Å²) in [7, 11) is 1.28. The van der Waals surface area contributed by atoms with Gasteiger partial charge >= 0.3 is 12.3 Å². The fraction of sp³-hybridized carbons (Fsp3) is 0.160. The molecule has 0 aliphatic rings. The highest BCUT2D eigenvalue weighted by Crippen LogP contribution is 2.31. The maximum absolute atomic E-state index is 12.4. The van der Waals surface area contributed by atoms with Crippen LogP contribution in [0.1, 0.15) is 16.7 Å². The van der Waals surface area contributed by atoms with Crippen LogP contribution in [0.2, 0.25) is 0 Å². The first-order chi connectivity index (χ1) is 15.2. The Balaban J connectivity index is 1.85. The molecule has 0 aliphatic carbocycles. The monoisotopic (exact) mass is 442 g/mol. The molecule has 3 aromatic rings. The van der Waals surface area contributed by atoms with Gasteiger partial charge in [0.2, 0.25) is 0 Å². The lowest BCUT2D eigenvalue weighted by Crippen LogP contribution is -2.16. The number of aryl methyl sites for hydroxylation is 1. The topological polar surface area (TPSA) is 44.8 Å². The molecule has 166 valence electrons. The standard InChI is InChI=1S/C25H21F3O4/c1-17-3-5-18(6-4-17)16-31-23-13-9-20(15-21(23)10-14-24(29)30-2)19-7-11-22(12-8-19)32-25(26,27)28/h3-15H,16H2,1-2H3/b14-10-. The van der Waals surface area contributed by atoms with Crippen LogP contribution in [0, 0.1) is 6.92 Å². The van der Waals surface area contributed by atoms with Gasteiger partial charge in [-0.25, -0.2) is 4.79 Å². The molecule has 0 unspecified atom stereocenters. The van der Waals surface area contributed by atoms with Crippen molar-refractivity contribution in [3.63, 3.8) is 0 Å². The van der Waals surface area contributed by atoms with Gasteiger partial charge in [-0.1, -0.05) is 48.0 Å². The second-order valence-corrected chi connectivity index (χ2v) is 6.96. The molecular formula is C25H21F3O4. The highest BCUT2D eigenvalue weighted by molar-refractivity contribution is 5.88. The van der Waals surface area contributed by atoms with Crippen LogP contribution >= 0.6 is 0 Å². The summed E-state index contributed by atoms with van der Waals surface area (Å²) < 4.78 is 51.6. The van der Waals surface area contributed by atoms with Gasteiger partial charge in [-0.2, -0.15) is 0 Å². The van der Waals surface area contributed by atoms with Gasteiger partial charge in [0.05, 0.1) is 7.11 Å². The summed E-state index contributed by atoms with van der Waals surface area (Å²) in [6, 6.07) is 18.8. The van der Waals surface area contributed by atoms with Gasteiger partial charge in [-0.3, -0.25) is 0 Å². The fourth-order valence-corrected chi connectivity index (χ4v) is 2.91. The minimum Gasteiger partial charge on any atom is -0.488 e. The van der Waals surface area contributed by atoms with E-state index in [1.54, 1.807) is 24.3 Å². The Bertz CT molecular complexity index is 1090. The lowest BCUT2D eigenvalue weighted by Gasteiger charge is -2.13. The van der Waals surface area contributed by atoms with Gasteiger partial charge in [0, 0.05) is 11.6 Å². The van der Waals surface area contributed by atoms with Crippen molar-refractivity contribution in [1.82, 2.24) is 0 Å². The summed E-state index contributed by atoms with van der Waals surface area (Å²) in [5.41, 5.74) is 4.16. The first kappa shape index (κ1) is 22.9. The van der Waals surface area contributed by atoms with E-state index in [1.807, 2.05) is 31.2 Å². The zero-order valence-electron chi connectivity index (χ0n) is 17.5. The second kappa shape index (κ2) is 10.0. The van der Waals surface area contributed by atoms with Crippen molar-refractivity contribution in [3.05, 3.63) is 89.5 Å². The molecule has 0 aromatic heterocycles. The van der Waals surface area contributed by atoms with E-state index in [2.05, 4.69) is 9.47 Å². The average Bonchev–Trinajstić information content (AvgIpc) is 2.77. The molecule has 0 heterocycles. The number of benzene rings is 3. The number of carbonyl (C=O) groups is 1. The van der Waals surface area contributed by atoms with Crippen molar-refractivity contribution in [3.8, 4) is 22.6 Å². The normalized spacial score (nSPS) is 11.4. The summed E-state index contributed by atoms with van der Waals surface area (Å²) in [6.07, 6.45) is -1.90. The van der Waals surface area contributed by atoms with E-state index in [0.29, 0.717) is 23.5 Å². The van der Waals surface area contributed by atoms with Gasteiger partial charge in [-0.05, 0) is 54.0 Å². The van der Waals surface area contributed by atoms with Crippen molar-refractivity contribution >= 4 is 12.0 Å². The summed E-state index contributed by atoms with van der Waals surface area (Å²) in [5, 5.41) is 0. The van der Waals surface area contributed by atoms with E-state index in [4.69, 9.17) is 4.74 Å². The smallest absolute Gasteiger partial charge is 0.488 e. The summed E-state index contributed by atoms with van der Waals surface area (Å²) in [4.78, 5) is 11.6. The highest BCUT2D eigenvalue weighted by Gasteiger charge is 2.30. The Morgan fingerprint density at radius 2 is 1.59 bits per heavy atom. The fourth-order valence-electron chi connectivity index (χ4n) is 2.91. The molecule has 0 amide bonds. The number of rotatable bonds is 7. The first-order valence-corrected chi connectivity index (χ1v) is 9.68. The molecule has 0 N–H and O–H groups in total. The van der Waals surface area contributed by atoms with Crippen molar-refractivity contribution in [2.45, 2.75) is 19.9 Å². The van der Waals surface area contributed by atoms with Crippen molar-refractivity contribution in [1.29, 1.82) is 0 Å². The van der Waals surface area contributed by atoms with Crippen LogP contribution in [0.15, 0.2) is 72.8 Å². The van der Waals surface area contributed by atoms with Crippen molar-refractivity contribution in [2.24, 2.45) is 0 Å². The van der Waals surface area contributed by atoms with Crippen molar-refractivity contribution < 1.29 is 32.2 Å². The van der Waals surface area contributed by atoms with E-state index in [9.17, 15) is 18.0 Å². The molecule has 0 atom stereocenters. The molecule has 4 nitrogen and oxygen atoms in total. The van der Waals surface area contributed by atoms with Gasteiger partial charge in [0.25, 0.3) is 0 Å². The molecule has 0 radical (unpaired) electrons. The third kappa shape index (κ3) is 6.63. The molecule has 3 rings (SSSR count). The SMILES string of the molecule is COC(=O)/C=C\c1cc(-c2ccc(OC(F)(F)F)cc2)ccc1OCc1ccc(C)cc1. The Hall–Kier alpha value is -3.74. The van der Waals surface area contributed by atoms with E-state index >= 15 is 0 Å². The minimum absolute atomic E-state index is 0.301. The summed E-state index contributed by atoms with van der Waals surface area (Å²) in [5.74, 6) is -0.273. The van der Waals surface area contributed by atoms with Crippen LogP contribution in [0.25, 0.3) is 17.2 Å². The molecule has 0 aliphatic heterocycles. The minimum atomic E-state index is -4.75. The van der Waals surface area contributed by atoms with Gasteiger partial charge in [0.15, 0.2) is 0 Å². The zero-order valence-corrected chi connectivity index (χ0v) is 17.5. The first-order valence-electron chi connectivity index (χ1n) is 9.68. The Morgan fingerprint density at radius 3 is 2.22 bits per heavy atom. The number of hydrogen-bond acceptors (Lipinski definition) is 4. The van der Waals surface area contributed by atoms with Crippen LogP contribution in [0.4, 0.5) is 13.2 Å². The number of halogens is 3. The largest absolute Gasteiger partial charge is 0.573 e. The Kier molecular flexibility index (Phi) is 7.20. The van der Waals surface area contributed by atoms with Crippen LogP contribution in [0.3, 0.4) is 0 Å². The highest BCUT2D eigenvalue weighted by atomic mass is 19.4. The number of esters is 1. The van der Waals surface area contributed by atoms with Crippen molar-refractivity contribution in [2.75, 3.05) is 7.11 Å². The number of methoxy groups -OCH3 is 1. The maximum Gasteiger partial charge on any atom is 0.573 e. The van der Waals surface area contributed by atoms with Gasteiger partial charge in [0.1, 0.15) is 18.1 Å². The average molecular weight is 442 g/mol. The van der Waals surface area contributed by atoms with Crippen LogP contribution in [-0.2, 0) is 16.1 Å². The van der Waals surface area contributed by atoms with E-state index in [0.717, 1.165) is 16.7 Å². The van der Waals surface area contributed by atoms with Gasteiger partial charge < -0.3 is 14.2 Å². The lowest BCUT2D eigenvalue weighted by atomic mass is 10.0. The molecule has 0 spiro atoms. The van der Waals surface area contributed by atoms with E-state index in [1.165, 1.54) is 37.5 Å². The predicted molar refractivity (Wildman–Crippen MR) is 115 cm³/mol. The Morgan fingerprint density at radius 1 is 0.938 bits per heavy atom. The molecule has 0 saturated carbocycles. The lowest BCUT2D eigenvalue weighted by molar-refractivity contribution is -0.274. The van der Waals surface area contributed by atoms with Crippen LogP contribution < -0.4 is 9.47 Å². The molecule has 0 fully saturated rings. The third-order valence-corrected chi connectivity index (χ3v) is 4.55. The number of ether oxygens (including phenoxy) is 3. The number of alkyl halides is 3.